The molecule has 0 aromatic heterocycles. The number of fused-ring (bicyclic) bond motifs is 8. The lowest BCUT2D eigenvalue weighted by molar-refractivity contribution is -0.0823. The molecule has 8 nitrogen and oxygen atoms in total. The van der Waals surface area contributed by atoms with Crippen LogP contribution in [0.5, 0.6) is 17.2 Å². The van der Waals surface area contributed by atoms with Crippen LogP contribution in [0.2, 0.25) is 6.04 Å². The fourth-order valence-electron chi connectivity index (χ4n) is 9.23. The van der Waals surface area contributed by atoms with Gasteiger partial charge in [0.2, 0.25) is 0 Å². The van der Waals surface area contributed by atoms with Crippen molar-refractivity contribution in [3.8, 4) is 28.4 Å². The lowest BCUT2D eigenvalue weighted by Crippen LogP contribution is -2.57. The zero-order chi connectivity index (χ0) is 46.5. The maximum atomic E-state index is 7.74. The van der Waals surface area contributed by atoms with Crippen LogP contribution in [0.1, 0.15) is 124 Å². The van der Waals surface area contributed by atoms with E-state index in [9.17, 15) is 0 Å². The van der Waals surface area contributed by atoms with Crippen molar-refractivity contribution >= 4 is 31.3 Å². The fourth-order valence-corrected chi connectivity index (χ4v) is 13.4. The molecule has 5 aromatic carbocycles. The van der Waals surface area contributed by atoms with E-state index in [2.05, 4.69) is 168 Å². The van der Waals surface area contributed by atoms with Crippen LogP contribution in [0.15, 0.2) is 97.1 Å². The van der Waals surface area contributed by atoms with Crippen molar-refractivity contribution in [2.24, 2.45) is 0 Å². The highest BCUT2D eigenvalue weighted by Gasteiger charge is 2.51. The highest BCUT2D eigenvalue weighted by atomic mass is 28.4. The van der Waals surface area contributed by atoms with Crippen molar-refractivity contribution in [2.75, 3.05) is 20.3 Å². The zero-order valence-electron chi connectivity index (χ0n) is 40.4. The SMILES string of the molecule is [C-]#[N+]c1ccc2c(c1)C(C)(C)c1c3c(c4ccccc4c1-2)OC(c1ccc(OC)cc1)(c1ccc(OCCOC(C)(C)CC[Si](OC(C)(C)C)(OC(C)(C)C)OC(C)(C)C)cc1)C=C3. The minimum atomic E-state index is -3.17. The van der Waals surface area contributed by atoms with E-state index >= 15 is 0 Å². The highest BCUT2D eigenvalue weighted by Crippen LogP contribution is 2.58. The predicted molar refractivity (Wildman–Crippen MR) is 261 cm³/mol. The first kappa shape index (κ1) is 47.0. The lowest BCUT2D eigenvalue weighted by atomic mass is 9.76. The largest absolute Gasteiger partial charge is 0.502 e. The first-order chi connectivity index (χ1) is 29.9. The summed E-state index contributed by atoms with van der Waals surface area (Å²) in [6, 6.07) is 31.5. The normalized spacial score (nSPS) is 17.0. The summed E-state index contributed by atoms with van der Waals surface area (Å²) in [6.45, 7) is 35.7. The van der Waals surface area contributed by atoms with Crippen LogP contribution in [0.3, 0.4) is 0 Å². The highest BCUT2D eigenvalue weighted by molar-refractivity contribution is 6.61. The van der Waals surface area contributed by atoms with E-state index in [-0.39, 0.29) is 5.41 Å². The summed E-state index contributed by atoms with van der Waals surface area (Å²) < 4.78 is 46.0. The first-order valence-corrected chi connectivity index (χ1v) is 24.4. The van der Waals surface area contributed by atoms with E-state index in [1.165, 1.54) is 16.7 Å². The molecule has 7 rings (SSSR count). The van der Waals surface area contributed by atoms with Crippen molar-refractivity contribution in [3.05, 3.63) is 136 Å². The van der Waals surface area contributed by atoms with Gasteiger partial charge >= 0.3 is 8.80 Å². The Morgan fingerprint density at radius 3 is 1.80 bits per heavy atom. The number of nitrogens with zero attached hydrogens (tertiary/aromatic N) is 1. The Morgan fingerprint density at radius 2 is 1.25 bits per heavy atom. The molecule has 1 heterocycles. The summed E-state index contributed by atoms with van der Waals surface area (Å²) in [5.41, 5.74) is 5.23. The molecule has 1 unspecified atom stereocenters. The Kier molecular flexibility index (Phi) is 12.6. The van der Waals surface area contributed by atoms with Gasteiger partial charge < -0.3 is 32.2 Å². The van der Waals surface area contributed by atoms with E-state index in [1.807, 2.05) is 30.3 Å². The van der Waals surface area contributed by atoms with E-state index in [4.69, 9.17) is 38.8 Å². The molecule has 0 bridgehead atoms. The van der Waals surface area contributed by atoms with Crippen LogP contribution >= 0.6 is 0 Å². The van der Waals surface area contributed by atoms with Gasteiger partial charge in [0, 0.05) is 33.5 Å². The summed E-state index contributed by atoms with van der Waals surface area (Å²) in [4.78, 5) is 3.78. The van der Waals surface area contributed by atoms with E-state index < -0.39 is 36.8 Å². The average molecular weight is 882 g/mol. The maximum Gasteiger partial charge on any atom is 0.502 e. The molecule has 1 aliphatic heterocycles. The molecule has 64 heavy (non-hydrogen) atoms. The molecule has 2 aliphatic rings. The van der Waals surface area contributed by atoms with Crippen molar-refractivity contribution < 1.29 is 32.2 Å². The monoisotopic (exact) mass is 881 g/mol. The molecule has 1 atom stereocenters. The third-order valence-corrected chi connectivity index (χ3v) is 15.4. The first-order valence-electron chi connectivity index (χ1n) is 22.5. The van der Waals surface area contributed by atoms with E-state index in [0.717, 1.165) is 50.3 Å². The zero-order valence-corrected chi connectivity index (χ0v) is 41.4. The smallest absolute Gasteiger partial charge is 0.497 e. The summed E-state index contributed by atoms with van der Waals surface area (Å²) in [7, 11) is -1.49. The second-order valence-corrected chi connectivity index (χ2v) is 23.7. The molecular weight excluding hydrogens is 815 g/mol. The molecule has 0 saturated heterocycles. The number of rotatable bonds is 14. The minimum Gasteiger partial charge on any atom is -0.497 e. The van der Waals surface area contributed by atoms with Gasteiger partial charge in [-0.05, 0) is 141 Å². The van der Waals surface area contributed by atoms with Gasteiger partial charge in [0.1, 0.15) is 23.9 Å². The molecule has 0 saturated carbocycles. The van der Waals surface area contributed by atoms with Crippen LogP contribution in [0, 0.1) is 6.57 Å². The Labute approximate surface area is 383 Å². The third kappa shape index (κ3) is 9.83. The molecule has 1 aliphatic carbocycles. The van der Waals surface area contributed by atoms with Crippen LogP contribution < -0.4 is 14.2 Å². The predicted octanol–water partition coefficient (Wildman–Crippen LogP) is 14.0. The van der Waals surface area contributed by atoms with Gasteiger partial charge in [0.05, 0.1) is 42.7 Å². The number of ether oxygens (including phenoxy) is 4. The average Bonchev–Trinajstić information content (AvgIpc) is 3.46. The fraction of sp³-hybridized carbons (Fsp3) is 0.436. The second kappa shape index (κ2) is 17.1. The van der Waals surface area contributed by atoms with Crippen LogP contribution in [0.25, 0.3) is 32.8 Å². The third-order valence-electron chi connectivity index (χ3n) is 11.7. The molecule has 5 aromatic rings. The Bertz CT molecular complexity index is 2530. The summed E-state index contributed by atoms with van der Waals surface area (Å²) in [5.74, 6) is 2.34. The molecule has 9 heteroatoms. The van der Waals surface area contributed by atoms with Gasteiger partial charge in [-0.1, -0.05) is 86.7 Å². The van der Waals surface area contributed by atoms with E-state index in [0.29, 0.717) is 31.4 Å². The van der Waals surface area contributed by atoms with Gasteiger partial charge in [-0.15, -0.1) is 0 Å². The van der Waals surface area contributed by atoms with Crippen molar-refractivity contribution in [1.29, 1.82) is 0 Å². The van der Waals surface area contributed by atoms with E-state index in [1.54, 1.807) is 7.11 Å². The van der Waals surface area contributed by atoms with Crippen LogP contribution in [-0.4, -0.2) is 51.5 Å². The van der Waals surface area contributed by atoms with Crippen LogP contribution in [0.4, 0.5) is 5.69 Å². The minimum absolute atomic E-state index is 0.362. The van der Waals surface area contributed by atoms with Gasteiger partial charge in [0.15, 0.2) is 11.3 Å². The molecule has 0 amide bonds. The molecule has 338 valence electrons. The maximum absolute atomic E-state index is 7.74. The van der Waals surface area contributed by atoms with Crippen molar-refractivity contribution in [2.45, 2.75) is 136 Å². The molecule has 0 radical (unpaired) electrons. The molecule has 0 fully saturated rings. The van der Waals surface area contributed by atoms with Gasteiger partial charge in [-0.25, -0.2) is 4.85 Å². The number of methoxy groups -OCH3 is 1. The number of hydrogen-bond donors (Lipinski definition) is 0. The topological polar surface area (TPSA) is 69.0 Å². The lowest BCUT2D eigenvalue weighted by Gasteiger charge is -2.44. The Balaban J connectivity index is 1.13. The van der Waals surface area contributed by atoms with Gasteiger partial charge in [-0.3, -0.25) is 0 Å². The molecule has 0 N–H and O–H groups in total. The molecule has 0 spiro atoms. The molecular formula is C55H67NO7Si. The summed E-state index contributed by atoms with van der Waals surface area (Å²) in [6.07, 6.45) is 5.12. The van der Waals surface area contributed by atoms with Gasteiger partial charge in [-0.2, -0.15) is 0 Å². The number of hydrogen-bond acceptors (Lipinski definition) is 7. The standard InChI is InChI=1S/C55H67NO7Si/c1-50(2,3)61-64(62-51(4,5)6,63-52(7,8)9)35-32-53(10,11)59-34-33-58-41-27-22-38(23-28-41)55(37-20-25-40(57-15)26-21-37)31-30-45-48-47(42-18-16-17-19-43(42)49(45)60-55)44-29-24-39(56-14)36-46(44)54(48,12)13/h16-31,36H,32-35H2,1-13,15H3. The Hall–Kier alpha value is -4.95. The Morgan fingerprint density at radius 1 is 0.688 bits per heavy atom. The second-order valence-electron chi connectivity index (χ2n) is 21.2. The summed E-state index contributed by atoms with van der Waals surface area (Å²) in [5, 5.41) is 2.17. The van der Waals surface area contributed by atoms with Crippen LogP contribution in [-0.2, 0) is 29.0 Å². The quantitative estimate of drug-likeness (QED) is 0.0625. The van der Waals surface area contributed by atoms with Crippen molar-refractivity contribution in [3.63, 3.8) is 0 Å². The van der Waals surface area contributed by atoms with Gasteiger partial charge in [0.25, 0.3) is 0 Å². The van der Waals surface area contributed by atoms with Crippen molar-refractivity contribution in [1.82, 2.24) is 0 Å². The number of benzene rings is 5. The summed E-state index contributed by atoms with van der Waals surface area (Å²) >= 11 is 0.